The third-order valence-electron chi connectivity index (χ3n) is 3.20. The minimum atomic E-state index is -0.376. The van der Waals surface area contributed by atoms with Crippen molar-refractivity contribution in [2.45, 2.75) is 18.7 Å². The van der Waals surface area contributed by atoms with Gasteiger partial charge in [0.05, 0.1) is 12.0 Å². The van der Waals surface area contributed by atoms with Gasteiger partial charge < -0.3 is 9.64 Å². The lowest BCUT2D eigenvalue weighted by atomic mass is 9.87. The Morgan fingerprint density at radius 1 is 1.39 bits per heavy atom. The molecule has 0 aliphatic rings. The van der Waals surface area contributed by atoms with Gasteiger partial charge in [-0.05, 0) is 44.6 Å². The summed E-state index contributed by atoms with van der Waals surface area (Å²) in [5.41, 5.74) is 1.10. The van der Waals surface area contributed by atoms with Crippen molar-refractivity contribution in [2.24, 2.45) is 5.92 Å². The Hall–Kier alpha value is -0.440. The van der Waals surface area contributed by atoms with E-state index in [1.54, 1.807) is 7.11 Å². The van der Waals surface area contributed by atoms with Gasteiger partial charge in [0.15, 0.2) is 0 Å². The lowest BCUT2D eigenvalue weighted by Crippen LogP contribution is -2.32. The van der Waals surface area contributed by atoms with Crippen LogP contribution in [-0.4, -0.2) is 32.6 Å². The summed E-state index contributed by atoms with van der Waals surface area (Å²) in [5.74, 6) is 1.21. The zero-order valence-electron chi connectivity index (χ0n) is 11.7. The second-order valence-electron chi connectivity index (χ2n) is 4.97. The number of hydrogen-bond acceptors (Lipinski definition) is 2. The maximum Gasteiger partial charge on any atom is 0.119 e. The van der Waals surface area contributed by atoms with Gasteiger partial charge in [0, 0.05) is 6.54 Å². The van der Waals surface area contributed by atoms with Crippen molar-refractivity contribution < 1.29 is 4.74 Å². The van der Waals surface area contributed by atoms with E-state index < -0.39 is 0 Å². The van der Waals surface area contributed by atoms with Gasteiger partial charge in [-0.2, -0.15) is 0 Å². The molecule has 0 aliphatic carbocycles. The fraction of sp³-hybridized carbons (Fsp3) is 0.571. The molecule has 0 fully saturated rings. The van der Waals surface area contributed by atoms with Gasteiger partial charge in [-0.1, -0.05) is 19.1 Å². The number of benzene rings is 1. The standard InChI is InChI=1S/C14H22ClNO.ClH/c1-11(10-16(3)4)14(2,15)12-7-6-8-13(9-12)17-5;/h6-9,11H,10H2,1-5H3;1H/t11-,14-;/m1./s1. The summed E-state index contributed by atoms with van der Waals surface area (Å²) >= 11 is 6.70. The van der Waals surface area contributed by atoms with E-state index in [2.05, 4.69) is 38.9 Å². The van der Waals surface area contributed by atoms with E-state index in [1.165, 1.54) is 0 Å². The highest BCUT2D eigenvalue weighted by molar-refractivity contribution is 6.24. The number of halogens is 2. The summed E-state index contributed by atoms with van der Waals surface area (Å²) < 4.78 is 5.24. The van der Waals surface area contributed by atoms with Crippen LogP contribution in [-0.2, 0) is 4.87 Å². The lowest BCUT2D eigenvalue weighted by molar-refractivity contribution is 0.293. The largest absolute Gasteiger partial charge is 0.497 e. The summed E-state index contributed by atoms with van der Waals surface area (Å²) in [6, 6.07) is 7.99. The van der Waals surface area contributed by atoms with Gasteiger partial charge >= 0.3 is 0 Å². The number of hydrogen-bond donors (Lipinski definition) is 0. The van der Waals surface area contributed by atoms with E-state index in [9.17, 15) is 0 Å². The van der Waals surface area contributed by atoms with Crippen molar-refractivity contribution in [2.75, 3.05) is 27.7 Å². The molecule has 0 aromatic heterocycles. The van der Waals surface area contributed by atoms with Crippen LogP contribution in [0.4, 0.5) is 0 Å². The van der Waals surface area contributed by atoms with Crippen LogP contribution in [0.25, 0.3) is 0 Å². The van der Waals surface area contributed by atoms with Crippen molar-refractivity contribution in [1.82, 2.24) is 4.90 Å². The van der Waals surface area contributed by atoms with Gasteiger partial charge in [-0.25, -0.2) is 0 Å². The predicted molar refractivity (Wildman–Crippen MR) is 81.2 cm³/mol. The Bertz CT molecular complexity index is 367. The highest BCUT2D eigenvalue weighted by Gasteiger charge is 2.31. The smallest absolute Gasteiger partial charge is 0.119 e. The second-order valence-corrected chi connectivity index (χ2v) is 5.76. The molecular weight excluding hydrogens is 269 g/mol. The summed E-state index contributed by atoms with van der Waals surface area (Å²) in [6.45, 7) is 5.20. The Kier molecular flexibility index (Phi) is 7.05. The maximum absolute atomic E-state index is 6.70. The monoisotopic (exact) mass is 291 g/mol. The Morgan fingerprint density at radius 2 is 2.00 bits per heavy atom. The molecule has 1 aromatic rings. The van der Waals surface area contributed by atoms with E-state index in [4.69, 9.17) is 16.3 Å². The summed E-state index contributed by atoms with van der Waals surface area (Å²) in [4.78, 5) is 1.78. The number of ether oxygens (including phenoxy) is 1. The van der Waals surface area contributed by atoms with Gasteiger partial charge in [0.25, 0.3) is 0 Å². The topological polar surface area (TPSA) is 12.5 Å². The van der Waals surface area contributed by atoms with Gasteiger partial charge in [0.2, 0.25) is 0 Å². The fourth-order valence-electron chi connectivity index (χ4n) is 1.93. The molecule has 0 radical (unpaired) electrons. The third-order valence-corrected chi connectivity index (χ3v) is 3.79. The van der Waals surface area contributed by atoms with Gasteiger partial charge in [-0.15, -0.1) is 24.0 Å². The molecule has 0 heterocycles. The molecule has 0 saturated heterocycles. The van der Waals surface area contributed by atoms with E-state index in [-0.39, 0.29) is 17.3 Å². The zero-order valence-corrected chi connectivity index (χ0v) is 13.3. The number of rotatable bonds is 5. The molecule has 1 rings (SSSR count). The molecule has 0 aliphatic heterocycles. The quantitative estimate of drug-likeness (QED) is 0.766. The molecule has 0 saturated carbocycles. The molecule has 0 N–H and O–H groups in total. The molecule has 104 valence electrons. The highest BCUT2D eigenvalue weighted by atomic mass is 35.5. The minimum absolute atomic E-state index is 0. The number of alkyl halides is 1. The van der Waals surface area contributed by atoms with Crippen molar-refractivity contribution in [3.63, 3.8) is 0 Å². The Balaban J connectivity index is 0.00000289. The zero-order chi connectivity index (χ0) is 13.1. The first-order valence-corrected chi connectivity index (χ1v) is 6.24. The van der Waals surface area contributed by atoms with Crippen LogP contribution in [0.2, 0.25) is 0 Å². The van der Waals surface area contributed by atoms with Crippen LogP contribution in [0.3, 0.4) is 0 Å². The van der Waals surface area contributed by atoms with E-state index >= 15 is 0 Å². The van der Waals surface area contributed by atoms with Crippen LogP contribution in [0.15, 0.2) is 24.3 Å². The van der Waals surface area contributed by atoms with Crippen molar-refractivity contribution in [1.29, 1.82) is 0 Å². The first-order valence-electron chi connectivity index (χ1n) is 5.86. The lowest BCUT2D eigenvalue weighted by Gasteiger charge is -2.32. The molecule has 2 atom stereocenters. The normalized spacial score (nSPS) is 15.7. The SMILES string of the molecule is COc1cccc([C@](C)(Cl)[C@H](C)CN(C)C)c1.Cl. The second kappa shape index (κ2) is 7.22. The van der Waals surface area contributed by atoms with Crippen LogP contribution in [0.5, 0.6) is 5.75 Å². The van der Waals surface area contributed by atoms with E-state index in [1.807, 2.05) is 18.2 Å². The maximum atomic E-state index is 6.70. The first kappa shape index (κ1) is 17.6. The van der Waals surface area contributed by atoms with Gasteiger partial charge in [0.1, 0.15) is 5.75 Å². The number of nitrogens with zero attached hydrogens (tertiary/aromatic N) is 1. The third kappa shape index (κ3) is 4.34. The van der Waals surface area contributed by atoms with E-state index in [0.717, 1.165) is 17.9 Å². The van der Waals surface area contributed by atoms with E-state index in [0.29, 0.717) is 5.92 Å². The summed E-state index contributed by atoms with van der Waals surface area (Å²) in [5, 5.41) is 0. The molecule has 0 spiro atoms. The molecule has 18 heavy (non-hydrogen) atoms. The predicted octanol–water partition coefficient (Wildman–Crippen LogP) is 3.77. The van der Waals surface area contributed by atoms with Gasteiger partial charge in [-0.3, -0.25) is 0 Å². The van der Waals surface area contributed by atoms with Crippen molar-refractivity contribution in [3.8, 4) is 5.75 Å². The molecule has 2 nitrogen and oxygen atoms in total. The molecule has 0 unspecified atom stereocenters. The molecule has 4 heteroatoms. The average Bonchev–Trinajstić information content (AvgIpc) is 2.28. The molecule has 0 amide bonds. The van der Waals surface area contributed by atoms with Crippen molar-refractivity contribution in [3.05, 3.63) is 29.8 Å². The average molecular weight is 292 g/mol. The van der Waals surface area contributed by atoms with Crippen molar-refractivity contribution >= 4 is 24.0 Å². The summed E-state index contributed by atoms with van der Waals surface area (Å²) in [6.07, 6.45) is 0. The van der Waals surface area contributed by atoms with Crippen LogP contribution >= 0.6 is 24.0 Å². The first-order chi connectivity index (χ1) is 7.87. The summed E-state index contributed by atoms with van der Waals surface area (Å²) in [7, 11) is 5.80. The molecule has 1 aromatic carbocycles. The fourth-order valence-corrected chi connectivity index (χ4v) is 2.12. The van der Waals surface area contributed by atoms with Crippen LogP contribution in [0.1, 0.15) is 19.4 Å². The number of methoxy groups -OCH3 is 1. The van der Waals surface area contributed by atoms with Crippen LogP contribution < -0.4 is 4.74 Å². The minimum Gasteiger partial charge on any atom is -0.497 e. The van der Waals surface area contributed by atoms with Crippen LogP contribution in [0, 0.1) is 5.92 Å². The molecule has 0 bridgehead atoms. The molecular formula is C14H23Cl2NO. The Morgan fingerprint density at radius 3 is 2.50 bits per heavy atom. The Labute approximate surface area is 122 Å². The highest BCUT2D eigenvalue weighted by Crippen LogP contribution is 2.37.